The summed E-state index contributed by atoms with van der Waals surface area (Å²) in [7, 11) is 0. The molecule has 0 fully saturated rings. The molecule has 0 spiro atoms. The fraction of sp³-hybridized carbons (Fsp3) is 0.462. The third-order valence-corrected chi connectivity index (χ3v) is 4.86. The van der Waals surface area contributed by atoms with E-state index >= 15 is 0 Å². The van der Waals surface area contributed by atoms with E-state index in [4.69, 9.17) is 0 Å². The molecule has 4 nitrogen and oxygen atoms in total. The quantitative estimate of drug-likeness (QED) is 0.832. The lowest BCUT2D eigenvalue weighted by molar-refractivity contribution is -0.119. The summed E-state index contributed by atoms with van der Waals surface area (Å²) in [6.07, 6.45) is 4.64. The minimum Gasteiger partial charge on any atom is -0.298 e. The van der Waals surface area contributed by atoms with Crippen molar-refractivity contribution in [3.8, 4) is 0 Å². The third-order valence-electron chi connectivity index (χ3n) is 3.66. The maximum atomic E-state index is 12.5. The van der Waals surface area contributed by atoms with Crippen molar-refractivity contribution in [1.29, 1.82) is 0 Å². The van der Waals surface area contributed by atoms with Gasteiger partial charge in [0.1, 0.15) is 4.83 Å². The second-order valence-corrected chi connectivity index (χ2v) is 5.86. The van der Waals surface area contributed by atoms with Crippen molar-refractivity contribution in [1.82, 2.24) is 9.55 Å². The molecule has 0 radical (unpaired) electrons. The lowest BCUT2D eigenvalue weighted by Crippen LogP contribution is -2.27. The van der Waals surface area contributed by atoms with Crippen LogP contribution in [0.2, 0.25) is 0 Å². The Labute approximate surface area is 108 Å². The van der Waals surface area contributed by atoms with Gasteiger partial charge < -0.3 is 0 Å². The fourth-order valence-corrected chi connectivity index (χ4v) is 3.69. The van der Waals surface area contributed by atoms with Crippen LogP contribution in [0, 0.1) is 0 Å². The van der Waals surface area contributed by atoms with E-state index in [1.54, 1.807) is 18.3 Å². The third kappa shape index (κ3) is 1.54. The molecule has 1 aliphatic rings. The molecular formula is C13H14N2O2S. The minimum atomic E-state index is -0.439. The Balaban J connectivity index is 2.29. The number of aromatic nitrogens is 2. The van der Waals surface area contributed by atoms with E-state index in [2.05, 4.69) is 4.98 Å². The number of nitrogens with zero attached hydrogens (tertiary/aromatic N) is 2. The first kappa shape index (κ1) is 11.6. The van der Waals surface area contributed by atoms with E-state index in [1.807, 2.05) is 0 Å². The molecule has 1 atom stereocenters. The second-order valence-electron chi connectivity index (χ2n) is 4.78. The number of ketones is 1. The average molecular weight is 262 g/mol. The summed E-state index contributed by atoms with van der Waals surface area (Å²) in [4.78, 5) is 30.3. The van der Waals surface area contributed by atoms with Crippen LogP contribution < -0.4 is 5.56 Å². The maximum absolute atomic E-state index is 12.5. The highest BCUT2D eigenvalue weighted by Gasteiger charge is 2.22. The molecule has 18 heavy (non-hydrogen) atoms. The van der Waals surface area contributed by atoms with Crippen LogP contribution in [0.15, 0.2) is 11.1 Å². The predicted octanol–water partition coefficient (Wildman–Crippen LogP) is 2.10. The summed E-state index contributed by atoms with van der Waals surface area (Å²) in [5.74, 6) is -0.0230. The van der Waals surface area contributed by atoms with Gasteiger partial charge in [0.25, 0.3) is 5.56 Å². The first-order chi connectivity index (χ1) is 8.59. The number of carbonyl (C=O) groups is 1. The highest BCUT2D eigenvalue weighted by atomic mass is 32.1. The molecule has 1 aliphatic carbocycles. The summed E-state index contributed by atoms with van der Waals surface area (Å²) in [6.45, 7) is 3.24. The zero-order valence-electron chi connectivity index (χ0n) is 10.4. The topological polar surface area (TPSA) is 52.0 Å². The number of rotatable bonds is 2. The Morgan fingerprint density at radius 2 is 2.28 bits per heavy atom. The molecule has 0 saturated carbocycles. The van der Waals surface area contributed by atoms with Crippen LogP contribution in [0.4, 0.5) is 0 Å². The Morgan fingerprint density at radius 3 is 3.00 bits per heavy atom. The molecule has 2 aromatic heterocycles. The molecule has 0 bridgehead atoms. The van der Waals surface area contributed by atoms with Gasteiger partial charge in [0.2, 0.25) is 0 Å². The van der Waals surface area contributed by atoms with E-state index < -0.39 is 6.04 Å². The Hall–Kier alpha value is -1.49. The van der Waals surface area contributed by atoms with Crippen LogP contribution in [0.3, 0.4) is 0 Å². The molecule has 0 aliphatic heterocycles. The Bertz CT molecular complexity index is 699. The molecular weight excluding hydrogens is 248 g/mol. The molecule has 3 rings (SSSR count). The number of hydrogen-bond acceptors (Lipinski definition) is 4. The summed E-state index contributed by atoms with van der Waals surface area (Å²) in [6, 6.07) is -0.439. The van der Waals surface area contributed by atoms with Gasteiger partial charge in [-0.2, -0.15) is 0 Å². The van der Waals surface area contributed by atoms with Crippen molar-refractivity contribution in [3.05, 3.63) is 27.1 Å². The number of thiophene rings is 1. The zero-order valence-corrected chi connectivity index (χ0v) is 11.2. The smallest absolute Gasteiger partial charge is 0.263 e. The van der Waals surface area contributed by atoms with Gasteiger partial charge >= 0.3 is 0 Å². The van der Waals surface area contributed by atoms with Crippen LogP contribution in [-0.2, 0) is 17.6 Å². The highest BCUT2D eigenvalue weighted by Crippen LogP contribution is 2.34. The van der Waals surface area contributed by atoms with Gasteiger partial charge in [-0.05, 0) is 38.7 Å². The van der Waals surface area contributed by atoms with Gasteiger partial charge in [0.15, 0.2) is 5.78 Å². The monoisotopic (exact) mass is 262 g/mol. The van der Waals surface area contributed by atoms with Crippen LogP contribution in [0.25, 0.3) is 10.2 Å². The molecule has 2 aromatic rings. The van der Waals surface area contributed by atoms with Crippen molar-refractivity contribution >= 4 is 27.3 Å². The number of Topliss-reactive ketones (excluding diaryl/α,β-unsaturated/α-hetero) is 1. The number of fused-ring (bicyclic) bond motifs is 3. The van der Waals surface area contributed by atoms with Gasteiger partial charge in [-0.3, -0.25) is 14.2 Å². The first-order valence-electron chi connectivity index (χ1n) is 6.11. The van der Waals surface area contributed by atoms with Crippen molar-refractivity contribution in [2.75, 3.05) is 0 Å². The molecule has 2 heterocycles. The van der Waals surface area contributed by atoms with Gasteiger partial charge in [-0.25, -0.2) is 4.98 Å². The largest absolute Gasteiger partial charge is 0.298 e. The van der Waals surface area contributed by atoms with Gasteiger partial charge in [-0.15, -0.1) is 11.3 Å². The summed E-state index contributed by atoms with van der Waals surface area (Å²) >= 11 is 1.62. The number of carbonyl (C=O) groups excluding carboxylic acids is 1. The van der Waals surface area contributed by atoms with E-state index in [0.29, 0.717) is 0 Å². The molecule has 0 amide bonds. The van der Waals surface area contributed by atoms with Crippen LogP contribution in [0.1, 0.15) is 36.8 Å². The SMILES string of the molecule is CC(=O)[C@H](C)n1cnc2sc3c(c2c1=O)CCC3. The first-order valence-corrected chi connectivity index (χ1v) is 6.93. The van der Waals surface area contributed by atoms with E-state index in [1.165, 1.54) is 22.7 Å². The van der Waals surface area contributed by atoms with Gasteiger partial charge in [0, 0.05) is 4.88 Å². The summed E-state index contributed by atoms with van der Waals surface area (Å²) < 4.78 is 1.45. The van der Waals surface area contributed by atoms with Gasteiger partial charge in [-0.1, -0.05) is 0 Å². The van der Waals surface area contributed by atoms with Crippen LogP contribution in [-0.4, -0.2) is 15.3 Å². The minimum absolute atomic E-state index is 0.0230. The molecule has 5 heteroatoms. The molecule has 94 valence electrons. The molecule has 0 unspecified atom stereocenters. The highest BCUT2D eigenvalue weighted by molar-refractivity contribution is 7.18. The van der Waals surface area contributed by atoms with Crippen molar-refractivity contribution < 1.29 is 4.79 Å². The van der Waals surface area contributed by atoms with Crippen molar-refractivity contribution in [2.45, 2.75) is 39.2 Å². The summed E-state index contributed by atoms with van der Waals surface area (Å²) in [5, 5.41) is 0.739. The molecule has 0 aromatic carbocycles. The maximum Gasteiger partial charge on any atom is 0.263 e. The Morgan fingerprint density at radius 1 is 1.50 bits per heavy atom. The Kier molecular flexibility index (Phi) is 2.59. The van der Waals surface area contributed by atoms with Crippen LogP contribution in [0.5, 0.6) is 0 Å². The number of aryl methyl sites for hydroxylation is 2. The zero-order chi connectivity index (χ0) is 12.9. The van der Waals surface area contributed by atoms with Crippen molar-refractivity contribution in [2.24, 2.45) is 0 Å². The lowest BCUT2D eigenvalue weighted by Gasteiger charge is -2.11. The van der Waals surface area contributed by atoms with Crippen molar-refractivity contribution in [3.63, 3.8) is 0 Å². The van der Waals surface area contributed by atoms with E-state index in [-0.39, 0.29) is 11.3 Å². The average Bonchev–Trinajstić information content (AvgIpc) is 2.88. The van der Waals surface area contributed by atoms with Crippen LogP contribution >= 0.6 is 11.3 Å². The lowest BCUT2D eigenvalue weighted by atomic mass is 10.2. The second kappa shape index (κ2) is 4.02. The van der Waals surface area contributed by atoms with Gasteiger partial charge in [0.05, 0.1) is 17.8 Å². The van der Waals surface area contributed by atoms with E-state index in [9.17, 15) is 9.59 Å². The fourth-order valence-electron chi connectivity index (χ4n) is 2.47. The molecule has 0 saturated heterocycles. The van der Waals surface area contributed by atoms with E-state index in [0.717, 1.165) is 35.0 Å². The molecule has 0 N–H and O–H groups in total. The summed E-state index contributed by atoms with van der Waals surface area (Å²) in [5.41, 5.74) is 1.10. The number of hydrogen-bond donors (Lipinski definition) is 0. The standard InChI is InChI=1S/C13H14N2O2S/c1-7(8(2)16)15-6-14-12-11(13(15)17)9-4-3-5-10(9)18-12/h6-7H,3-5H2,1-2H3/t7-/m0/s1. The predicted molar refractivity (Wildman–Crippen MR) is 71.3 cm³/mol. The normalized spacial score (nSPS) is 15.9.